The van der Waals surface area contributed by atoms with E-state index in [0.29, 0.717) is 0 Å². The van der Waals surface area contributed by atoms with Crippen molar-refractivity contribution in [2.75, 3.05) is 42.3 Å². The van der Waals surface area contributed by atoms with Gasteiger partial charge in [0, 0.05) is 30.8 Å². The molecule has 7 rings (SSSR count). The van der Waals surface area contributed by atoms with E-state index in [1.54, 1.807) is 42.3 Å². The van der Waals surface area contributed by atoms with E-state index in [9.17, 15) is 0 Å². The molecule has 7 nitrogen and oxygen atoms in total. The summed E-state index contributed by atoms with van der Waals surface area (Å²) in [4.78, 5) is 15.7. The van der Waals surface area contributed by atoms with Crippen LogP contribution in [0.3, 0.4) is 0 Å². The van der Waals surface area contributed by atoms with Gasteiger partial charge < -0.3 is 30.9 Å². The van der Waals surface area contributed by atoms with Gasteiger partial charge in [-0.05, 0) is 28.3 Å². The molecule has 0 unspecified atom stereocenters. The van der Waals surface area contributed by atoms with Crippen LogP contribution in [0.15, 0.2) is 127 Å². The summed E-state index contributed by atoms with van der Waals surface area (Å²) >= 11 is 0. The number of H-pyrrole nitrogens is 1. The van der Waals surface area contributed by atoms with E-state index >= 15 is 0 Å². The van der Waals surface area contributed by atoms with Crippen molar-refractivity contribution in [3.63, 3.8) is 0 Å². The molecule has 0 aliphatic rings. The van der Waals surface area contributed by atoms with E-state index in [0.717, 1.165) is 42.1 Å². The Bertz CT molecular complexity index is 1480. The molecule has 0 atom stereocenters. The normalized spacial score (nSPS) is 10.0. The summed E-state index contributed by atoms with van der Waals surface area (Å²) in [5.41, 5.74) is 6.67. The minimum atomic E-state index is 0. The van der Waals surface area contributed by atoms with Crippen molar-refractivity contribution < 1.29 is 22.4 Å². The first-order chi connectivity index (χ1) is 22.5. The predicted molar refractivity (Wildman–Crippen MR) is 198 cm³/mol. The third-order valence-electron chi connectivity index (χ3n) is 6.46. The van der Waals surface area contributed by atoms with Gasteiger partial charge in [-0.3, -0.25) is 4.90 Å². The van der Waals surface area contributed by atoms with Gasteiger partial charge >= 0.3 is 22.4 Å². The first kappa shape index (κ1) is 39.3. The molecule has 0 aliphatic carbocycles. The van der Waals surface area contributed by atoms with Crippen molar-refractivity contribution in [3.8, 4) is 0 Å². The number of nitrogens with zero attached hydrogens (tertiary/aromatic N) is 6. The smallest absolute Gasteiger partial charge is 0.668 e. The molecule has 0 spiro atoms. The summed E-state index contributed by atoms with van der Waals surface area (Å²) in [6, 6.07) is 43.7. The summed E-state index contributed by atoms with van der Waals surface area (Å²) < 4.78 is 0. The molecule has 3 aromatic heterocycles. The zero-order valence-electron chi connectivity index (χ0n) is 28.4. The second-order valence-corrected chi connectivity index (χ2v) is 10.6. The molecule has 8 heteroatoms. The van der Waals surface area contributed by atoms with Crippen LogP contribution < -0.4 is 9.97 Å². The van der Waals surface area contributed by atoms with Crippen LogP contribution in [0, 0.1) is 0 Å². The van der Waals surface area contributed by atoms with Crippen molar-refractivity contribution in [1.29, 1.82) is 0 Å². The maximum Gasteiger partial charge on any atom is 5.00 e. The molecule has 0 bridgehead atoms. The molecule has 47 heavy (non-hydrogen) atoms. The predicted octanol–water partition coefficient (Wildman–Crippen LogP) is 9.13. The average Bonchev–Trinajstić information content (AvgIpc) is 3.79. The topological polar surface area (TPSA) is 89.5 Å². The Morgan fingerprint density at radius 2 is 0.872 bits per heavy atom. The van der Waals surface area contributed by atoms with Gasteiger partial charge in [0.1, 0.15) is 0 Å². The maximum atomic E-state index is 4.85. The van der Waals surface area contributed by atoms with E-state index in [2.05, 4.69) is 105 Å². The third kappa shape index (κ3) is 13.4. The SMILES string of the molecule is C[N-]C.C[N-]C.C[N-]C.[Ta+5].c1ccc2[n-]c(CN(Cc3cc4ccccc4[n-]3)Cc3cc4ccccc4[nH]3)cc2c1.c1ccccc1. The van der Waals surface area contributed by atoms with Crippen molar-refractivity contribution in [2.24, 2.45) is 0 Å². The van der Waals surface area contributed by atoms with Gasteiger partial charge in [0.15, 0.2) is 0 Å². The van der Waals surface area contributed by atoms with Crippen molar-refractivity contribution in [1.82, 2.24) is 19.9 Å². The molecule has 0 saturated heterocycles. The number of hydrogen-bond acceptors (Lipinski definition) is 1. The Kier molecular flexibility index (Phi) is 18.9. The molecule has 1 N–H and O–H groups in total. The molecule has 0 fully saturated rings. The first-order valence-corrected chi connectivity index (χ1v) is 15.3. The fraction of sp³-hybridized carbons (Fsp3) is 0.231. The largest absolute Gasteiger partial charge is 5.00 e. The Morgan fingerprint density at radius 3 is 1.28 bits per heavy atom. The van der Waals surface area contributed by atoms with E-state index in [1.807, 2.05) is 48.5 Å². The zero-order valence-corrected chi connectivity index (χ0v) is 31.6. The molecule has 0 aliphatic heterocycles. The van der Waals surface area contributed by atoms with E-state index in [1.165, 1.54) is 27.4 Å². The van der Waals surface area contributed by atoms with E-state index in [4.69, 9.17) is 9.97 Å². The van der Waals surface area contributed by atoms with Crippen LogP contribution in [-0.4, -0.2) is 52.2 Å². The van der Waals surface area contributed by atoms with Gasteiger partial charge in [0.25, 0.3) is 0 Å². The van der Waals surface area contributed by atoms with Crippen LogP contribution in [0.1, 0.15) is 17.1 Å². The molecular weight excluding hydrogens is 747 g/mol. The number of fused-ring (bicyclic) bond motifs is 3. The second-order valence-electron chi connectivity index (χ2n) is 10.6. The number of benzene rings is 4. The standard InChI is InChI=1S/C27H22N4.C6H6.3C2H6N.Ta/c1-4-10-25-19(7-1)13-22(28-25)16-31(17-23-14-20-8-2-5-11-26(20)29-23)18-24-15-21-9-3-6-12-27(21)30-24;1-2-4-6-5-3-1;3*1-3-2;/h1-15,28H,16-18H2;1-6H;3*1-2H3;/q-2;;3*-1;+5. The van der Waals surface area contributed by atoms with Crippen LogP contribution in [0.25, 0.3) is 48.7 Å². The number of para-hydroxylation sites is 3. The first-order valence-electron chi connectivity index (χ1n) is 15.3. The van der Waals surface area contributed by atoms with Crippen LogP contribution in [0.5, 0.6) is 0 Å². The summed E-state index contributed by atoms with van der Waals surface area (Å²) in [6.45, 7) is 2.35. The van der Waals surface area contributed by atoms with Gasteiger partial charge in [-0.1, -0.05) is 115 Å². The number of aromatic nitrogens is 3. The van der Waals surface area contributed by atoms with Gasteiger partial charge in [-0.25, -0.2) is 0 Å². The van der Waals surface area contributed by atoms with Crippen LogP contribution in [0.4, 0.5) is 0 Å². The Balaban J connectivity index is 0.000000405. The van der Waals surface area contributed by atoms with Crippen molar-refractivity contribution >= 4 is 32.7 Å². The quantitative estimate of drug-likeness (QED) is 0.182. The molecule has 0 radical (unpaired) electrons. The number of nitrogens with one attached hydrogen (secondary N) is 1. The fourth-order valence-electron chi connectivity index (χ4n) is 4.79. The Labute approximate surface area is 296 Å². The minimum absolute atomic E-state index is 0. The van der Waals surface area contributed by atoms with Crippen molar-refractivity contribution in [3.05, 3.63) is 160 Å². The Morgan fingerprint density at radius 1 is 0.489 bits per heavy atom. The van der Waals surface area contributed by atoms with Crippen LogP contribution in [0.2, 0.25) is 0 Å². The molecule has 0 amide bonds. The summed E-state index contributed by atoms with van der Waals surface area (Å²) in [6.07, 6.45) is 0. The molecule has 3 heterocycles. The van der Waals surface area contributed by atoms with Crippen molar-refractivity contribution in [2.45, 2.75) is 19.6 Å². The summed E-state index contributed by atoms with van der Waals surface area (Å²) in [5.74, 6) is 0. The maximum absolute atomic E-state index is 4.85. The van der Waals surface area contributed by atoms with E-state index in [-0.39, 0.29) is 22.4 Å². The van der Waals surface area contributed by atoms with E-state index < -0.39 is 0 Å². The van der Waals surface area contributed by atoms with Gasteiger partial charge in [0.2, 0.25) is 0 Å². The average molecular weight is 794 g/mol. The fourth-order valence-corrected chi connectivity index (χ4v) is 4.79. The molecule has 4 aromatic carbocycles. The van der Waals surface area contributed by atoms with Gasteiger partial charge in [-0.2, -0.15) is 42.3 Å². The summed E-state index contributed by atoms with van der Waals surface area (Å²) in [5, 5.41) is 14.1. The number of hydrogen-bond donors (Lipinski definition) is 1. The zero-order chi connectivity index (χ0) is 33.0. The van der Waals surface area contributed by atoms with Crippen LogP contribution >= 0.6 is 0 Å². The van der Waals surface area contributed by atoms with Crippen LogP contribution in [-0.2, 0) is 42.0 Å². The van der Waals surface area contributed by atoms with Gasteiger partial charge in [-0.15, -0.1) is 22.4 Å². The second kappa shape index (κ2) is 22.6. The molecule has 0 saturated carbocycles. The number of rotatable bonds is 6. The third-order valence-corrected chi connectivity index (χ3v) is 6.46. The monoisotopic (exact) mass is 793 g/mol. The minimum Gasteiger partial charge on any atom is -0.668 e. The van der Waals surface area contributed by atoms with Gasteiger partial charge in [0.05, 0.1) is 0 Å². The molecular formula is C39H46N7Ta. The summed E-state index contributed by atoms with van der Waals surface area (Å²) in [7, 11) is 10.5. The molecule has 7 aromatic rings. The number of aromatic amines is 1. The Hall–Kier alpha value is -3.92. The molecule has 242 valence electrons.